The average Bonchev–Trinajstić information content (AvgIpc) is 2.39. The fraction of sp³-hybridized carbons (Fsp3) is 0.875. The minimum Gasteiger partial charge on any atom is -0.380 e. The number of hydrogen-bond acceptors (Lipinski definition) is 2. The molecule has 0 heterocycles. The molecule has 0 aliphatic rings. The van der Waals surface area contributed by atoms with Crippen LogP contribution in [-0.2, 0) is 4.74 Å². The first-order valence-electron chi connectivity index (χ1n) is 7.72. The highest BCUT2D eigenvalue weighted by atomic mass is 16.5. The van der Waals surface area contributed by atoms with Crippen molar-refractivity contribution in [1.29, 1.82) is 0 Å². The van der Waals surface area contributed by atoms with Crippen molar-refractivity contribution < 1.29 is 4.74 Å². The van der Waals surface area contributed by atoms with Crippen LogP contribution in [0.3, 0.4) is 0 Å². The van der Waals surface area contributed by atoms with Crippen LogP contribution in [0.15, 0.2) is 11.6 Å². The first-order valence-corrected chi connectivity index (χ1v) is 7.72. The highest BCUT2D eigenvalue weighted by molar-refractivity contribution is 5.02. The summed E-state index contributed by atoms with van der Waals surface area (Å²) < 4.78 is 5.21. The molecule has 0 rings (SSSR count). The molecule has 0 atom stereocenters. The summed E-state index contributed by atoms with van der Waals surface area (Å²) in [4.78, 5) is 0. The molecule has 0 spiro atoms. The van der Waals surface area contributed by atoms with E-state index in [1.165, 1.54) is 56.9 Å². The maximum atomic E-state index is 5.54. The van der Waals surface area contributed by atoms with Gasteiger partial charge in [-0.3, -0.25) is 0 Å². The highest BCUT2D eigenvalue weighted by Gasteiger charge is 1.96. The van der Waals surface area contributed by atoms with Gasteiger partial charge in [0.1, 0.15) is 0 Å². The summed E-state index contributed by atoms with van der Waals surface area (Å²) in [6.45, 7) is 3.82. The Bertz CT molecular complexity index is 190. The van der Waals surface area contributed by atoms with E-state index in [9.17, 15) is 0 Å². The fourth-order valence-electron chi connectivity index (χ4n) is 2.16. The number of hydrogen-bond donors (Lipinski definition) is 1. The summed E-state index contributed by atoms with van der Waals surface area (Å²) in [6, 6.07) is 0. The van der Waals surface area contributed by atoms with Gasteiger partial charge in [-0.2, -0.15) is 0 Å². The lowest BCUT2D eigenvalue weighted by atomic mass is 10.1. The largest absolute Gasteiger partial charge is 0.380 e. The number of rotatable bonds is 13. The Labute approximate surface area is 114 Å². The Balaban J connectivity index is 3.49. The zero-order valence-electron chi connectivity index (χ0n) is 12.5. The smallest absolute Gasteiger partial charge is 0.0673 e. The quantitative estimate of drug-likeness (QED) is 0.390. The molecule has 0 radical (unpaired) electrons. The van der Waals surface area contributed by atoms with Crippen LogP contribution in [0, 0.1) is 0 Å². The van der Waals surface area contributed by atoms with Crippen molar-refractivity contribution in [1.82, 2.24) is 0 Å². The molecule has 0 saturated carbocycles. The van der Waals surface area contributed by atoms with Gasteiger partial charge in [-0.15, -0.1) is 0 Å². The van der Waals surface area contributed by atoms with E-state index in [0.29, 0.717) is 0 Å². The molecule has 0 aromatic rings. The lowest BCUT2D eigenvalue weighted by Gasteiger charge is -2.06. The zero-order chi connectivity index (χ0) is 13.5. The van der Waals surface area contributed by atoms with E-state index in [1.54, 1.807) is 7.11 Å². The maximum Gasteiger partial charge on any atom is 0.0673 e. The van der Waals surface area contributed by atoms with Crippen LogP contribution in [0.4, 0.5) is 0 Å². The Morgan fingerprint density at radius 2 is 1.67 bits per heavy atom. The second kappa shape index (κ2) is 14.7. The summed E-state index contributed by atoms with van der Waals surface area (Å²) in [5, 5.41) is 0. The van der Waals surface area contributed by atoms with Crippen molar-refractivity contribution in [3.63, 3.8) is 0 Å². The molecule has 0 aliphatic carbocycles. The second-order valence-corrected chi connectivity index (χ2v) is 5.10. The molecule has 0 aliphatic heterocycles. The molecule has 108 valence electrons. The van der Waals surface area contributed by atoms with Gasteiger partial charge in [0.25, 0.3) is 0 Å². The van der Waals surface area contributed by atoms with Gasteiger partial charge in [-0.25, -0.2) is 0 Å². The second-order valence-electron chi connectivity index (χ2n) is 5.10. The van der Waals surface area contributed by atoms with Crippen LogP contribution in [-0.4, -0.2) is 20.3 Å². The predicted molar refractivity (Wildman–Crippen MR) is 80.9 cm³/mol. The van der Waals surface area contributed by atoms with E-state index >= 15 is 0 Å². The van der Waals surface area contributed by atoms with Gasteiger partial charge in [0.2, 0.25) is 0 Å². The van der Waals surface area contributed by atoms with E-state index in [-0.39, 0.29) is 0 Å². The van der Waals surface area contributed by atoms with Crippen molar-refractivity contribution in [2.75, 3.05) is 20.3 Å². The Morgan fingerprint density at radius 3 is 2.28 bits per heavy atom. The molecular weight excluding hydrogens is 222 g/mol. The Kier molecular flexibility index (Phi) is 14.4. The molecule has 0 aromatic carbocycles. The van der Waals surface area contributed by atoms with Gasteiger partial charge in [-0.05, 0) is 37.8 Å². The van der Waals surface area contributed by atoms with Crippen LogP contribution in [0.2, 0.25) is 0 Å². The molecule has 0 bridgehead atoms. The number of allylic oxidation sites excluding steroid dienone is 1. The number of methoxy groups -OCH3 is 1. The third-order valence-corrected chi connectivity index (χ3v) is 3.27. The van der Waals surface area contributed by atoms with E-state index in [4.69, 9.17) is 10.5 Å². The summed E-state index contributed by atoms with van der Waals surface area (Å²) in [5.74, 6) is 0. The molecule has 0 fully saturated rings. The van der Waals surface area contributed by atoms with Gasteiger partial charge in [0.05, 0.1) is 6.61 Å². The molecule has 2 N–H and O–H groups in total. The fourth-order valence-corrected chi connectivity index (χ4v) is 2.16. The number of ether oxygens (including phenoxy) is 1. The maximum absolute atomic E-state index is 5.54. The number of nitrogens with two attached hydrogens (primary N) is 1. The van der Waals surface area contributed by atoms with E-state index in [1.807, 2.05) is 0 Å². The molecule has 0 amide bonds. The van der Waals surface area contributed by atoms with Crippen LogP contribution in [0.5, 0.6) is 0 Å². The average molecular weight is 255 g/mol. The van der Waals surface area contributed by atoms with Crippen molar-refractivity contribution >= 4 is 0 Å². The van der Waals surface area contributed by atoms with Crippen LogP contribution < -0.4 is 5.73 Å². The SMILES string of the molecule is CCCCCCCCC/C=C(/CCCN)COC. The molecule has 0 unspecified atom stereocenters. The molecule has 2 heteroatoms. The normalized spacial score (nSPS) is 12.1. The van der Waals surface area contributed by atoms with Gasteiger partial charge in [0.15, 0.2) is 0 Å². The molecule has 18 heavy (non-hydrogen) atoms. The predicted octanol–water partition coefficient (Wildman–Crippen LogP) is 4.44. The minimum atomic E-state index is 0.774. The summed E-state index contributed by atoms with van der Waals surface area (Å²) >= 11 is 0. The van der Waals surface area contributed by atoms with Crippen molar-refractivity contribution in [2.45, 2.75) is 71.1 Å². The van der Waals surface area contributed by atoms with Gasteiger partial charge < -0.3 is 10.5 Å². The molecule has 2 nitrogen and oxygen atoms in total. The summed E-state index contributed by atoms with van der Waals surface area (Å²) in [5.41, 5.74) is 6.96. The minimum absolute atomic E-state index is 0.774. The summed E-state index contributed by atoms with van der Waals surface area (Å²) in [7, 11) is 1.77. The lowest BCUT2D eigenvalue weighted by molar-refractivity contribution is 0.222. The first kappa shape index (κ1) is 17.7. The number of unbranched alkanes of at least 4 members (excludes halogenated alkanes) is 7. The van der Waals surface area contributed by atoms with Crippen molar-refractivity contribution in [3.8, 4) is 0 Å². The Hall–Kier alpha value is -0.340. The van der Waals surface area contributed by atoms with Crippen molar-refractivity contribution in [2.24, 2.45) is 5.73 Å². The van der Waals surface area contributed by atoms with Crippen LogP contribution in [0.1, 0.15) is 71.1 Å². The summed E-state index contributed by atoms with van der Waals surface area (Å²) in [6.07, 6.45) is 15.4. The van der Waals surface area contributed by atoms with Crippen molar-refractivity contribution in [3.05, 3.63) is 11.6 Å². The molecular formula is C16H33NO. The van der Waals surface area contributed by atoms with Crippen LogP contribution >= 0.6 is 0 Å². The highest BCUT2D eigenvalue weighted by Crippen LogP contribution is 2.11. The standard InChI is InChI=1S/C16H33NO/c1-3-4-5-6-7-8-9-10-12-16(15-18-2)13-11-14-17/h12H,3-11,13-15,17H2,1-2H3/b16-12-. The Morgan fingerprint density at radius 1 is 1.00 bits per heavy atom. The zero-order valence-corrected chi connectivity index (χ0v) is 12.5. The van der Waals surface area contributed by atoms with E-state index < -0.39 is 0 Å². The van der Waals surface area contributed by atoms with E-state index in [0.717, 1.165) is 26.0 Å². The topological polar surface area (TPSA) is 35.2 Å². The monoisotopic (exact) mass is 255 g/mol. The third-order valence-electron chi connectivity index (χ3n) is 3.27. The van der Waals surface area contributed by atoms with Gasteiger partial charge >= 0.3 is 0 Å². The first-order chi connectivity index (χ1) is 8.85. The third kappa shape index (κ3) is 12.1. The van der Waals surface area contributed by atoms with Crippen LogP contribution in [0.25, 0.3) is 0 Å². The molecule has 0 saturated heterocycles. The van der Waals surface area contributed by atoms with Gasteiger partial charge in [-0.1, -0.05) is 51.5 Å². The van der Waals surface area contributed by atoms with E-state index in [2.05, 4.69) is 13.0 Å². The molecule has 0 aromatic heterocycles. The lowest BCUT2D eigenvalue weighted by Crippen LogP contribution is -2.02. The van der Waals surface area contributed by atoms with Gasteiger partial charge in [0, 0.05) is 7.11 Å².